The second kappa shape index (κ2) is 2.46. The van der Waals surface area contributed by atoms with E-state index < -0.39 is 0 Å². The molecule has 0 bridgehead atoms. The van der Waals surface area contributed by atoms with Gasteiger partial charge >= 0.3 is 0 Å². The van der Waals surface area contributed by atoms with Crippen molar-refractivity contribution in [2.45, 2.75) is 13.0 Å². The minimum Gasteiger partial charge on any atom is -0.342 e. The fraction of sp³-hybridized carbons (Fsp3) is 1.00. The van der Waals surface area contributed by atoms with Crippen molar-refractivity contribution < 1.29 is 5.32 Å². The van der Waals surface area contributed by atoms with Gasteiger partial charge in [0.25, 0.3) is 0 Å². The first-order valence-corrected chi connectivity index (χ1v) is 3.31. The molecule has 0 aromatic carbocycles. The molecule has 0 aliphatic carbocycles. The first-order valence-electron chi connectivity index (χ1n) is 3.31. The Bertz CT molecular complexity index is 64.9. The average Bonchev–Trinajstić information content (AvgIpc) is 1.64. The van der Waals surface area contributed by atoms with E-state index >= 15 is 0 Å². The largest absolute Gasteiger partial charge is 0.342 e. The van der Waals surface area contributed by atoms with Crippen LogP contribution in [0.1, 0.15) is 6.92 Å². The summed E-state index contributed by atoms with van der Waals surface area (Å²) in [6.45, 7) is 6.05. The molecule has 1 heterocycles. The summed E-state index contributed by atoms with van der Waals surface area (Å²) in [6.07, 6.45) is 0. The molecule has 8 heavy (non-hydrogen) atoms. The van der Waals surface area contributed by atoms with Crippen molar-refractivity contribution in [3.05, 3.63) is 0 Å². The SMILES string of the molecule is C[C@@H]1CN(C)CC[NH2+]1. The van der Waals surface area contributed by atoms with E-state index in [0.717, 1.165) is 6.04 Å². The molecule has 0 aromatic rings. The molecule has 1 aliphatic rings. The number of hydrogen-bond donors (Lipinski definition) is 1. The number of nitrogens with two attached hydrogens (primary N) is 1. The van der Waals surface area contributed by atoms with Crippen LogP contribution in [0.5, 0.6) is 0 Å². The molecule has 2 nitrogen and oxygen atoms in total. The van der Waals surface area contributed by atoms with E-state index in [-0.39, 0.29) is 0 Å². The smallest absolute Gasteiger partial charge is 0.0959 e. The first-order chi connectivity index (χ1) is 3.79. The van der Waals surface area contributed by atoms with Gasteiger partial charge in [-0.25, -0.2) is 0 Å². The van der Waals surface area contributed by atoms with E-state index in [1.807, 2.05) is 0 Å². The number of likely N-dealkylation sites (N-methyl/N-ethyl adjacent to an activating group) is 1. The summed E-state index contributed by atoms with van der Waals surface area (Å²) < 4.78 is 0. The van der Waals surface area contributed by atoms with Gasteiger partial charge in [-0.3, -0.25) is 4.90 Å². The van der Waals surface area contributed by atoms with Gasteiger partial charge in [0.05, 0.1) is 19.1 Å². The van der Waals surface area contributed by atoms with E-state index in [9.17, 15) is 0 Å². The summed E-state index contributed by atoms with van der Waals surface area (Å²) in [5.41, 5.74) is 0. The van der Waals surface area contributed by atoms with Gasteiger partial charge in [0.15, 0.2) is 0 Å². The van der Waals surface area contributed by atoms with Crippen molar-refractivity contribution in [1.29, 1.82) is 0 Å². The van der Waals surface area contributed by atoms with E-state index in [0.29, 0.717) is 0 Å². The van der Waals surface area contributed by atoms with Crippen LogP contribution in [0, 0.1) is 0 Å². The summed E-state index contributed by atoms with van der Waals surface area (Å²) in [4.78, 5) is 2.38. The van der Waals surface area contributed by atoms with Crippen LogP contribution in [0.25, 0.3) is 0 Å². The van der Waals surface area contributed by atoms with Gasteiger partial charge in [-0.15, -0.1) is 0 Å². The molecule has 2 N–H and O–H groups in total. The Morgan fingerprint density at radius 1 is 1.62 bits per heavy atom. The predicted molar refractivity (Wildman–Crippen MR) is 33.8 cm³/mol. The quantitative estimate of drug-likeness (QED) is 0.424. The summed E-state index contributed by atoms with van der Waals surface area (Å²) in [5, 5.41) is 2.40. The van der Waals surface area contributed by atoms with Crippen LogP contribution in [0.4, 0.5) is 0 Å². The Morgan fingerprint density at radius 3 is 2.75 bits per heavy atom. The molecule has 48 valence electrons. The maximum absolute atomic E-state index is 2.40. The third kappa shape index (κ3) is 1.46. The number of rotatable bonds is 0. The maximum atomic E-state index is 2.40. The lowest BCUT2D eigenvalue weighted by Crippen LogP contribution is -2.94. The van der Waals surface area contributed by atoms with E-state index in [1.165, 1.54) is 19.6 Å². The lowest BCUT2D eigenvalue weighted by molar-refractivity contribution is -0.694. The number of hydrogen-bond acceptors (Lipinski definition) is 1. The van der Waals surface area contributed by atoms with Gasteiger partial charge in [0.2, 0.25) is 0 Å². The summed E-state index contributed by atoms with van der Waals surface area (Å²) in [6, 6.07) is 0.814. The van der Waals surface area contributed by atoms with Gasteiger partial charge in [-0.05, 0) is 14.0 Å². The summed E-state index contributed by atoms with van der Waals surface area (Å²) >= 11 is 0. The lowest BCUT2D eigenvalue weighted by atomic mass is 10.2. The number of quaternary nitrogens is 1. The Morgan fingerprint density at radius 2 is 2.38 bits per heavy atom. The molecule has 0 radical (unpaired) electrons. The van der Waals surface area contributed by atoms with Crippen LogP contribution < -0.4 is 5.32 Å². The molecule has 1 saturated heterocycles. The predicted octanol–water partition coefficient (Wildman–Crippen LogP) is -1.12. The molecule has 0 spiro atoms. The normalized spacial score (nSPS) is 33.0. The van der Waals surface area contributed by atoms with Crippen LogP contribution in [0.3, 0.4) is 0 Å². The van der Waals surface area contributed by atoms with Gasteiger partial charge in [-0.1, -0.05) is 0 Å². The minimum absolute atomic E-state index is 0.814. The van der Waals surface area contributed by atoms with Gasteiger partial charge in [-0.2, -0.15) is 0 Å². The third-order valence-electron chi connectivity index (χ3n) is 1.68. The Labute approximate surface area is 50.9 Å². The highest BCUT2D eigenvalue weighted by molar-refractivity contribution is 4.58. The second-order valence-electron chi connectivity index (χ2n) is 2.76. The van der Waals surface area contributed by atoms with Gasteiger partial charge < -0.3 is 5.32 Å². The standard InChI is InChI=1S/C6H14N2/c1-6-5-8(2)4-3-7-6/h6-7H,3-5H2,1-2H3/p+1/t6-/m1/s1. The van der Waals surface area contributed by atoms with Crippen molar-refractivity contribution >= 4 is 0 Å². The van der Waals surface area contributed by atoms with Crippen LogP contribution in [-0.2, 0) is 0 Å². The molecule has 0 amide bonds. The Hall–Kier alpha value is -0.0800. The van der Waals surface area contributed by atoms with Gasteiger partial charge in [0, 0.05) is 6.54 Å². The molecule has 0 saturated carbocycles. The Balaban J connectivity index is 2.23. The molecule has 2 heteroatoms. The van der Waals surface area contributed by atoms with E-state index in [2.05, 4.69) is 24.2 Å². The fourth-order valence-electron chi connectivity index (χ4n) is 1.24. The zero-order chi connectivity index (χ0) is 5.98. The monoisotopic (exact) mass is 115 g/mol. The molecule has 1 fully saturated rings. The summed E-state index contributed by atoms with van der Waals surface area (Å²) in [7, 11) is 2.18. The molecule has 1 rings (SSSR count). The van der Waals surface area contributed by atoms with Crippen LogP contribution >= 0.6 is 0 Å². The molecular weight excluding hydrogens is 100 g/mol. The van der Waals surface area contributed by atoms with Crippen molar-refractivity contribution in [1.82, 2.24) is 4.90 Å². The fourth-order valence-corrected chi connectivity index (χ4v) is 1.24. The molecule has 0 aromatic heterocycles. The first kappa shape index (κ1) is 6.05. The molecule has 1 aliphatic heterocycles. The topological polar surface area (TPSA) is 19.9 Å². The zero-order valence-electron chi connectivity index (χ0n) is 5.72. The second-order valence-corrected chi connectivity index (χ2v) is 2.76. The zero-order valence-corrected chi connectivity index (χ0v) is 5.72. The average molecular weight is 115 g/mol. The lowest BCUT2D eigenvalue weighted by Gasteiger charge is -2.25. The third-order valence-corrected chi connectivity index (χ3v) is 1.68. The van der Waals surface area contributed by atoms with Crippen molar-refractivity contribution in [2.75, 3.05) is 26.7 Å². The Kier molecular flexibility index (Phi) is 1.86. The highest BCUT2D eigenvalue weighted by Crippen LogP contribution is 1.85. The summed E-state index contributed by atoms with van der Waals surface area (Å²) in [5.74, 6) is 0. The van der Waals surface area contributed by atoms with Crippen LogP contribution in [0.2, 0.25) is 0 Å². The molecule has 1 atom stereocenters. The van der Waals surface area contributed by atoms with Gasteiger partial charge in [0.1, 0.15) is 0 Å². The van der Waals surface area contributed by atoms with Crippen LogP contribution in [0.15, 0.2) is 0 Å². The maximum Gasteiger partial charge on any atom is 0.0959 e. The van der Waals surface area contributed by atoms with Crippen molar-refractivity contribution in [2.24, 2.45) is 0 Å². The van der Waals surface area contributed by atoms with E-state index in [4.69, 9.17) is 0 Å². The highest BCUT2D eigenvalue weighted by atomic mass is 15.2. The highest BCUT2D eigenvalue weighted by Gasteiger charge is 2.13. The number of nitrogens with zero attached hydrogens (tertiary/aromatic N) is 1. The van der Waals surface area contributed by atoms with Crippen molar-refractivity contribution in [3.63, 3.8) is 0 Å². The number of piperazine rings is 1. The van der Waals surface area contributed by atoms with Crippen LogP contribution in [-0.4, -0.2) is 37.6 Å². The molecule has 0 unspecified atom stereocenters. The van der Waals surface area contributed by atoms with Crippen molar-refractivity contribution in [3.8, 4) is 0 Å². The molecular formula is C6H15N2+. The van der Waals surface area contributed by atoms with E-state index in [1.54, 1.807) is 0 Å². The minimum atomic E-state index is 0.814.